The Labute approximate surface area is 118 Å². The minimum absolute atomic E-state index is 0.0560. The summed E-state index contributed by atoms with van der Waals surface area (Å²) < 4.78 is 31.0. The van der Waals surface area contributed by atoms with Gasteiger partial charge < -0.3 is 4.74 Å². The number of halogens is 2. The third-order valence-corrected chi connectivity index (χ3v) is 3.02. The van der Waals surface area contributed by atoms with Crippen LogP contribution in [0.1, 0.15) is 0 Å². The second kappa shape index (κ2) is 5.31. The van der Waals surface area contributed by atoms with Crippen molar-refractivity contribution in [1.82, 2.24) is 9.97 Å². The van der Waals surface area contributed by atoms with Crippen molar-refractivity contribution in [2.75, 3.05) is 23.6 Å². The van der Waals surface area contributed by atoms with Crippen molar-refractivity contribution in [3.63, 3.8) is 0 Å². The molecule has 8 heteroatoms. The number of nitrogens with one attached hydrogen (secondary N) is 1. The average molecular weight is 292 g/mol. The second-order valence-electron chi connectivity index (χ2n) is 4.30. The van der Waals surface area contributed by atoms with Gasteiger partial charge in [0.25, 0.3) is 5.95 Å². The lowest BCUT2D eigenvalue weighted by Crippen LogP contribution is -2.23. The van der Waals surface area contributed by atoms with Gasteiger partial charge in [0.2, 0.25) is 0 Å². The molecule has 1 aliphatic rings. The largest absolute Gasteiger partial charge is 0.447 e. The summed E-state index contributed by atoms with van der Waals surface area (Å²) in [5.74, 6) is -1.02. The first-order valence-corrected chi connectivity index (χ1v) is 6.13. The van der Waals surface area contributed by atoms with Crippen LogP contribution in [0.3, 0.4) is 0 Å². The SMILES string of the molecule is O=C1OCCN1c1cccc(-c2nc(NF)ncc2F)c1. The number of rotatable bonds is 3. The van der Waals surface area contributed by atoms with E-state index in [0.717, 1.165) is 6.20 Å². The fourth-order valence-electron chi connectivity index (χ4n) is 2.06. The lowest BCUT2D eigenvalue weighted by molar-refractivity contribution is 0.181. The first-order valence-electron chi connectivity index (χ1n) is 6.13. The topological polar surface area (TPSA) is 67.3 Å². The molecule has 2 heterocycles. The Kier molecular flexibility index (Phi) is 3.35. The highest BCUT2D eigenvalue weighted by Gasteiger charge is 2.24. The monoisotopic (exact) mass is 292 g/mol. The van der Waals surface area contributed by atoms with Gasteiger partial charge in [-0.1, -0.05) is 12.1 Å². The maximum atomic E-state index is 13.8. The number of amides is 1. The Bertz CT molecular complexity index is 696. The Morgan fingerprint density at radius 1 is 1.38 bits per heavy atom. The van der Waals surface area contributed by atoms with E-state index in [2.05, 4.69) is 9.97 Å². The molecule has 1 aromatic heterocycles. The number of hydrogen-bond acceptors (Lipinski definition) is 5. The van der Waals surface area contributed by atoms with Crippen molar-refractivity contribution in [3.05, 3.63) is 36.3 Å². The fourth-order valence-corrected chi connectivity index (χ4v) is 2.06. The Hall–Kier alpha value is -2.77. The molecule has 1 amide bonds. The summed E-state index contributed by atoms with van der Waals surface area (Å²) in [6, 6.07) is 6.54. The number of aromatic nitrogens is 2. The van der Waals surface area contributed by atoms with E-state index in [-0.39, 0.29) is 11.6 Å². The van der Waals surface area contributed by atoms with E-state index in [0.29, 0.717) is 24.4 Å². The smallest absolute Gasteiger partial charge is 0.414 e. The fraction of sp³-hybridized carbons (Fsp3) is 0.154. The third kappa shape index (κ3) is 2.47. The molecule has 0 atom stereocenters. The van der Waals surface area contributed by atoms with Crippen LogP contribution in [0.15, 0.2) is 30.5 Å². The Balaban J connectivity index is 2.01. The second-order valence-corrected chi connectivity index (χ2v) is 4.30. The highest BCUT2D eigenvalue weighted by molar-refractivity contribution is 5.90. The van der Waals surface area contributed by atoms with Crippen molar-refractivity contribution in [2.24, 2.45) is 0 Å². The van der Waals surface area contributed by atoms with Crippen molar-refractivity contribution >= 4 is 17.7 Å². The summed E-state index contributed by atoms with van der Waals surface area (Å²) in [5, 5.41) is 0. The van der Waals surface area contributed by atoms with Gasteiger partial charge in [0, 0.05) is 11.3 Å². The number of carbonyl (C=O) groups excluding carboxylic acids is 1. The highest BCUT2D eigenvalue weighted by atomic mass is 19.2. The van der Waals surface area contributed by atoms with Gasteiger partial charge in [0.15, 0.2) is 5.82 Å². The van der Waals surface area contributed by atoms with Crippen LogP contribution in [0.25, 0.3) is 11.3 Å². The molecule has 1 N–H and O–H groups in total. The van der Waals surface area contributed by atoms with E-state index in [1.165, 1.54) is 10.4 Å². The van der Waals surface area contributed by atoms with Crippen LogP contribution in [0.4, 0.5) is 25.3 Å². The molecule has 1 fully saturated rings. The van der Waals surface area contributed by atoms with E-state index in [1.54, 1.807) is 24.3 Å². The van der Waals surface area contributed by atoms with E-state index >= 15 is 0 Å². The summed E-state index contributed by atoms with van der Waals surface area (Å²) in [4.78, 5) is 20.1. The molecule has 0 saturated carbocycles. The molecule has 0 aliphatic carbocycles. The zero-order chi connectivity index (χ0) is 14.8. The number of ether oxygens (including phenoxy) is 1. The van der Waals surface area contributed by atoms with Gasteiger partial charge >= 0.3 is 6.09 Å². The number of carbonyl (C=O) groups is 1. The molecule has 1 aromatic carbocycles. The van der Waals surface area contributed by atoms with Crippen LogP contribution in [-0.4, -0.2) is 29.2 Å². The van der Waals surface area contributed by atoms with Gasteiger partial charge in [-0.15, -0.1) is 4.48 Å². The maximum absolute atomic E-state index is 13.8. The summed E-state index contributed by atoms with van der Waals surface area (Å²) in [6.45, 7) is 0.729. The molecule has 0 radical (unpaired) electrons. The molecule has 0 bridgehead atoms. The summed E-state index contributed by atoms with van der Waals surface area (Å²) in [6.07, 6.45) is 0.419. The average Bonchev–Trinajstić information content (AvgIpc) is 2.94. The van der Waals surface area contributed by atoms with Crippen molar-refractivity contribution < 1.29 is 18.4 Å². The third-order valence-electron chi connectivity index (χ3n) is 3.02. The molecular weight excluding hydrogens is 282 g/mol. The number of cyclic esters (lactones) is 1. The molecule has 0 spiro atoms. The first kappa shape index (κ1) is 13.2. The first-order chi connectivity index (χ1) is 10.2. The molecule has 6 nitrogen and oxygen atoms in total. The molecule has 2 aromatic rings. The van der Waals surface area contributed by atoms with Crippen LogP contribution >= 0.6 is 0 Å². The van der Waals surface area contributed by atoms with Crippen LogP contribution in [0.5, 0.6) is 0 Å². The van der Waals surface area contributed by atoms with E-state index < -0.39 is 11.9 Å². The van der Waals surface area contributed by atoms with Gasteiger partial charge in [0.1, 0.15) is 12.3 Å². The van der Waals surface area contributed by atoms with E-state index in [9.17, 15) is 13.7 Å². The van der Waals surface area contributed by atoms with Gasteiger partial charge in [-0.2, -0.15) is 5.54 Å². The van der Waals surface area contributed by atoms with E-state index in [1.807, 2.05) is 0 Å². The van der Waals surface area contributed by atoms with Gasteiger partial charge in [-0.05, 0) is 12.1 Å². The van der Waals surface area contributed by atoms with Gasteiger partial charge in [0.05, 0.1) is 12.7 Å². The van der Waals surface area contributed by atoms with Gasteiger partial charge in [-0.3, -0.25) is 4.90 Å². The van der Waals surface area contributed by atoms with Crippen molar-refractivity contribution in [2.45, 2.75) is 0 Å². The minimum Gasteiger partial charge on any atom is -0.447 e. The van der Waals surface area contributed by atoms with Crippen molar-refractivity contribution in [3.8, 4) is 11.3 Å². The minimum atomic E-state index is -0.685. The lowest BCUT2D eigenvalue weighted by atomic mass is 10.1. The summed E-state index contributed by atoms with van der Waals surface area (Å²) in [7, 11) is 0. The van der Waals surface area contributed by atoms with Crippen LogP contribution < -0.4 is 10.4 Å². The molecule has 1 aliphatic heterocycles. The molecule has 1 saturated heterocycles. The van der Waals surface area contributed by atoms with Crippen molar-refractivity contribution in [1.29, 1.82) is 0 Å². The molecular formula is C13H10F2N4O2. The number of benzene rings is 1. The number of hydrogen-bond donors (Lipinski definition) is 1. The summed E-state index contributed by atoms with van der Waals surface area (Å²) >= 11 is 0. The van der Waals surface area contributed by atoms with Crippen LogP contribution in [0.2, 0.25) is 0 Å². The van der Waals surface area contributed by atoms with Crippen LogP contribution in [0, 0.1) is 5.82 Å². The number of anilines is 2. The highest BCUT2D eigenvalue weighted by Crippen LogP contribution is 2.27. The standard InChI is InChI=1S/C13H10F2N4O2/c14-10-7-16-12(18-15)17-11(10)8-2-1-3-9(6-8)19-4-5-21-13(19)20/h1-3,6-7H,4-5H2,(H,16,17,18). The predicted molar refractivity (Wildman–Crippen MR) is 70.9 cm³/mol. The lowest BCUT2D eigenvalue weighted by Gasteiger charge is -2.13. The molecule has 3 rings (SSSR count). The van der Waals surface area contributed by atoms with Gasteiger partial charge in [-0.25, -0.2) is 19.2 Å². The zero-order valence-corrected chi connectivity index (χ0v) is 10.7. The Morgan fingerprint density at radius 3 is 2.95 bits per heavy atom. The zero-order valence-electron chi connectivity index (χ0n) is 10.7. The summed E-state index contributed by atoms with van der Waals surface area (Å²) in [5.41, 5.74) is 2.18. The quantitative estimate of drug-likeness (QED) is 0.880. The molecule has 21 heavy (non-hydrogen) atoms. The number of nitrogens with zero attached hydrogens (tertiary/aromatic N) is 3. The maximum Gasteiger partial charge on any atom is 0.414 e. The molecule has 108 valence electrons. The Morgan fingerprint density at radius 2 is 2.24 bits per heavy atom. The van der Waals surface area contributed by atoms with Crippen LogP contribution in [-0.2, 0) is 4.74 Å². The normalized spacial score (nSPS) is 14.2. The van der Waals surface area contributed by atoms with E-state index in [4.69, 9.17) is 4.74 Å². The predicted octanol–water partition coefficient (Wildman–Crippen LogP) is 2.54. The molecule has 0 unspecified atom stereocenters.